The first kappa shape index (κ1) is 24.6. The molecule has 0 bridgehead atoms. The number of methoxy groups -OCH3 is 1. The van der Waals surface area contributed by atoms with Crippen molar-refractivity contribution in [3.05, 3.63) is 59.7 Å². The molecule has 2 aromatic carbocycles. The third-order valence-corrected chi connectivity index (χ3v) is 6.42. The van der Waals surface area contributed by atoms with Crippen molar-refractivity contribution in [1.29, 1.82) is 0 Å². The van der Waals surface area contributed by atoms with E-state index in [1.54, 1.807) is 0 Å². The molecule has 35 heavy (non-hydrogen) atoms. The van der Waals surface area contributed by atoms with Crippen LogP contribution in [-0.2, 0) is 19.1 Å². The van der Waals surface area contributed by atoms with Gasteiger partial charge >= 0.3 is 12.1 Å². The molecule has 2 atom stereocenters. The van der Waals surface area contributed by atoms with E-state index in [0.717, 1.165) is 22.3 Å². The van der Waals surface area contributed by atoms with Crippen molar-refractivity contribution in [3.63, 3.8) is 0 Å². The number of hydrogen-bond donors (Lipinski definition) is 2. The minimum absolute atomic E-state index is 0.0249. The number of carboxylic acids is 1. The normalized spacial score (nSPS) is 19.1. The smallest absolute Gasteiger partial charge is 0.407 e. The molecule has 4 rings (SSSR count). The van der Waals surface area contributed by atoms with Crippen LogP contribution in [0.25, 0.3) is 11.1 Å². The Morgan fingerprint density at radius 1 is 1.11 bits per heavy atom. The monoisotopic (exact) mass is 488 g/mol. The molecule has 0 spiro atoms. The molecule has 2 aliphatic rings. The molecule has 0 aromatic heterocycles. The van der Waals surface area contributed by atoms with Crippen molar-refractivity contribution in [2.24, 2.45) is 0 Å². The van der Waals surface area contributed by atoms with Crippen molar-refractivity contribution in [1.82, 2.24) is 10.2 Å². The van der Waals surface area contributed by atoms with Gasteiger partial charge in [-0.15, -0.1) is 0 Å². The molecule has 0 radical (unpaired) electrons. The van der Waals surface area contributed by atoms with Crippen LogP contribution in [0.2, 0.25) is 0 Å². The predicted octanol–water partition coefficient (Wildman–Crippen LogP) is 3.25. The molecule has 2 aromatic rings. The second-order valence-corrected chi connectivity index (χ2v) is 8.65. The van der Waals surface area contributed by atoms with Crippen molar-refractivity contribution < 1.29 is 37.7 Å². The van der Waals surface area contributed by atoms with E-state index in [2.05, 4.69) is 5.32 Å². The lowest BCUT2D eigenvalue weighted by Gasteiger charge is -2.25. The van der Waals surface area contributed by atoms with Crippen LogP contribution in [0.3, 0.4) is 0 Å². The number of rotatable bonds is 8. The van der Waals surface area contributed by atoms with Crippen molar-refractivity contribution in [2.75, 3.05) is 26.8 Å². The Hall–Kier alpha value is -3.53. The number of nitrogens with zero attached hydrogens (tertiary/aromatic N) is 1. The van der Waals surface area contributed by atoms with E-state index in [-0.39, 0.29) is 25.5 Å². The molecular formula is C25H26F2N2O6. The highest BCUT2D eigenvalue weighted by Crippen LogP contribution is 2.44. The molecule has 1 heterocycles. The number of alkyl carbamates (subject to hydrolysis) is 1. The number of nitrogens with one attached hydrogen (secondary N) is 1. The molecule has 1 aliphatic heterocycles. The molecule has 186 valence electrons. The number of fused-ring (bicyclic) bond motifs is 3. The van der Waals surface area contributed by atoms with Crippen LogP contribution >= 0.6 is 0 Å². The quantitative estimate of drug-likeness (QED) is 0.591. The van der Waals surface area contributed by atoms with Crippen molar-refractivity contribution >= 4 is 18.0 Å². The molecule has 8 nitrogen and oxygen atoms in total. The predicted molar refractivity (Wildman–Crippen MR) is 121 cm³/mol. The standard InChI is InChI=1S/C25H26F2N2O6/c1-34-21(22(30)29-14-25(26,27)12-20(29)23(31)32)10-11-28-24(33)35-13-19-17-8-4-2-6-15(17)16-7-3-5-9-18(16)19/h2-9,19-21H,10-14H2,1H3,(H,28,33)(H,31,32). The lowest BCUT2D eigenvalue weighted by Crippen LogP contribution is -2.47. The summed E-state index contributed by atoms with van der Waals surface area (Å²) in [4.78, 5) is 36.9. The van der Waals surface area contributed by atoms with Crippen LogP contribution in [0.4, 0.5) is 13.6 Å². The first-order valence-corrected chi connectivity index (χ1v) is 11.2. The SMILES string of the molecule is COC(CCNC(=O)OCC1c2ccccc2-c2ccccc21)C(=O)N1CC(F)(F)CC1C(=O)O. The average Bonchev–Trinajstić information content (AvgIpc) is 3.34. The third kappa shape index (κ3) is 5.12. The zero-order valence-corrected chi connectivity index (χ0v) is 19.1. The minimum Gasteiger partial charge on any atom is -0.480 e. The van der Waals surface area contributed by atoms with Crippen LogP contribution in [0.5, 0.6) is 0 Å². The Balaban J connectivity index is 1.30. The van der Waals surface area contributed by atoms with Crippen LogP contribution in [0.1, 0.15) is 29.9 Å². The molecular weight excluding hydrogens is 462 g/mol. The van der Waals surface area contributed by atoms with Gasteiger partial charge in [0.2, 0.25) is 0 Å². The van der Waals surface area contributed by atoms with E-state index in [1.807, 2.05) is 48.5 Å². The minimum atomic E-state index is -3.28. The van der Waals surface area contributed by atoms with E-state index in [9.17, 15) is 28.3 Å². The maximum Gasteiger partial charge on any atom is 0.407 e. The van der Waals surface area contributed by atoms with Gasteiger partial charge in [0.1, 0.15) is 18.8 Å². The van der Waals surface area contributed by atoms with Crippen molar-refractivity contribution in [3.8, 4) is 11.1 Å². The number of ether oxygens (including phenoxy) is 2. The third-order valence-electron chi connectivity index (χ3n) is 6.42. The molecule has 2 N–H and O–H groups in total. The Morgan fingerprint density at radius 3 is 2.29 bits per heavy atom. The fourth-order valence-electron chi connectivity index (χ4n) is 4.75. The number of carbonyl (C=O) groups excluding carboxylic acids is 2. The summed E-state index contributed by atoms with van der Waals surface area (Å²) in [6.07, 6.45) is -2.85. The number of amides is 2. The lowest BCUT2D eigenvalue weighted by atomic mass is 9.98. The van der Waals surface area contributed by atoms with Gasteiger partial charge in [0, 0.05) is 32.4 Å². The van der Waals surface area contributed by atoms with Gasteiger partial charge in [0.05, 0.1) is 6.54 Å². The summed E-state index contributed by atoms with van der Waals surface area (Å²) in [6.45, 7) is -0.888. The van der Waals surface area contributed by atoms with Gasteiger partial charge in [-0.05, 0) is 22.3 Å². The number of halogens is 2. The van der Waals surface area contributed by atoms with E-state index >= 15 is 0 Å². The average molecular weight is 488 g/mol. The van der Waals surface area contributed by atoms with Crippen molar-refractivity contribution in [2.45, 2.75) is 36.8 Å². The summed E-state index contributed by atoms with van der Waals surface area (Å²) in [7, 11) is 1.22. The molecule has 2 unspecified atom stereocenters. The van der Waals surface area contributed by atoms with Gasteiger partial charge in [0.15, 0.2) is 0 Å². The van der Waals surface area contributed by atoms with Crippen LogP contribution < -0.4 is 5.32 Å². The highest BCUT2D eigenvalue weighted by molar-refractivity contribution is 5.87. The maximum atomic E-state index is 13.7. The second kappa shape index (κ2) is 9.99. The largest absolute Gasteiger partial charge is 0.480 e. The number of likely N-dealkylation sites (tertiary alicyclic amines) is 1. The zero-order valence-electron chi connectivity index (χ0n) is 19.1. The molecule has 1 fully saturated rings. The van der Waals surface area contributed by atoms with Gasteiger partial charge in [-0.3, -0.25) is 4.79 Å². The number of aliphatic carboxylic acids is 1. The molecule has 2 amide bonds. The van der Waals surface area contributed by atoms with Gasteiger partial charge in [-0.25, -0.2) is 18.4 Å². The maximum absolute atomic E-state index is 13.7. The van der Waals surface area contributed by atoms with Crippen LogP contribution in [0.15, 0.2) is 48.5 Å². The summed E-state index contributed by atoms with van der Waals surface area (Å²) in [5.41, 5.74) is 4.35. The van der Waals surface area contributed by atoms with E-state index in [4.69, 9.17) is 9.47 Å². The summed E-state index contributed by atoms with van der Waals surface area (Å²) in [6, 6.07) is 14.2. The number of hydrogen-bond acceptors (Lipinski definition) is 5. The summed E-state index contributed by atoms with van der Waals surface area (Å²) < 4.78 is 38.0. The van der Waals surface area contributed by atoms with Gasteiger partial charge in [-0.1, -0.05) is 48.5 Å². The van der Waals surface area contributed by atoms with Gasteiger partial charge in [-0.2, -0.15) is 0 Å². The number of carbonyl (C=O) groups is 3. The molecule has 0 saturated carbocycles. The van der Waals surface area contributed by atoms with Crippen LogP contribution in [0, 0.1) is 0 Å². The Kier molecular flexibility index (Phi) is 7.02. The fraction of sp³-hybridized carbons (Fsp3) is 0.400. The van der Waals surface area contributed by atoms with E-state index in [0.29, 0.717) is 4.90 Å². The van der Waals surface area contributed by atoms with E-state index in [1.165, 1.54) is 7.11 Å². The topological polar surface area (TPSA) is 105 Å². The molecule has 1 aliphatic carbocycles. The molecule has 10 heteroatoms. The highest BCUT2D eigenvalue weighted by Gasteiger charge is 2.51. The first-order chi connectivity index (χ1) is 16.7. The second-order valence-electron chi connectivity index (χ2n) is 8.65. The fourth-order valence-corrected chi connectivity index (χ4v) is 4.75. The first-order valence-electron chi connectivity index (χ1n) is 11.2. The summed E-state index contributed by atoms with van der Waals surface area (Å²) >= 11 is 0. The summed E-state index contributed by atoms with van der Waals surface area (Å²) in [5, 5.41) is 11.7. The number of alkyl halides is 2. The summed E-state index contributed by atoms with van der Waals surface area (Å²) in [5.74, 6) is -5.74. The van der Waals surface area contributed by atoms with Crippen LogP contribution in [-0.4, -0.2) is 72.9 Å². The number of benzene rings is 2. The number of carboxylic acid groups (broad SMARTS) is 1. The Morgan fingerprint density at radius 2 is 1.71 bits per heavy atom. The highest BCUT2D eigenvalue weighted by atomic mass is 19.3. The van der Waals surface area contributed by atoms with E-state index < -0.39 is 49.0 Å². The Labute approximate surface area is 200 Å². The van der Waals surface area contributed by atoms with Gasteiger partial charge in [0.25, 0.3) is 11.8 Å². The zero-order chi connectivity index (χ0) is 25.2. The molecule has 1 saturated heterocycles. The van der Waals surface area contributed by atoms with Gasteiger partial charge < -0.3 is 24.8 Å². The Bertz CT molecular complexity index is 1080. The lowest BCUT2D eigenvalue weighted by molar-refractivity contribution is -0.153.